The Hall–Kier alpha value is -0.570. The Labute approximate surface area is 68.3 Å². The molecule has 1 atom stereocenters. The van der Waals surface area contributed by atoms with Crippen LogP contribution in [-0.4, -0.2) is 38.6 Å². The van der Waals surface area contributed by atoms with Gasteiger partial charge in [-0.2, -0.15) is 0 Å². The summed E-state index contributed by atoms with van der Waals surface area (Å²) < 4.78 is 4.87. The predicted octanol–water partition coefficient (Wildman–Crippen LogP) is 0.747. The summed E-state index contributed by atoms with van der Waals surface area (Å²) in [5.74, 6) is 0.243. The van der Waals surface area contributed by atoms with Crippen molar-refractivity contribution in [2.24, 2.45) is 5.92 Å². The smallest absolute Gasteiger partial charge is 0.224 e. The average Bonchev–Trinajstić information content (AvgIpc) is 1.98. The summed E-state index contributed by atoms with van der Waals surface area (Å²) in [5, 5.41) is 0. The van der Waals surface area contributed by atoms with Crippen molar-refractivity contribution in [3.63, 3.8) is 0 Å². The van der Waals surface area contributed by atoms with Crippen LogP contribution in [0, 0.1) is 5.92 Å². The number of ether oxygens (including phenoxy) is 1. The number of carbonyl (C=O) groups is 1. The van der Waals surface area contributed by atoms with Crippen molar-refractivity contribution < 1.29 is 9.53 Å². The topological polar surface area (TPSA) is 29.5 Å². The fraction of sp³-hybridized carbons (Fsp3) is 0.875. The standard InChI is InChI=1S/C8H17NO2/c1-7(5-6-11-4)8(10)9(2)3/h7H,5-6H2,1-4H3. The second-order valence-electron chi connectivity index (χ2n) is 2.92. The van der Waals surface area contributed by atoms with Gasteiger partial charge in [-0.3, -0.25) is 4.79 Å². The van der Waals surface area contributed by atoms with Crippen molar-refractivity contribution >= 4 is 5.91 Å². The summed E-state index contributed by atoms with van der Waals surface area (Å²) in [5.41, 5.74) is 0. The van der Waals surface area contributed by atoms with Gasteiger partial charge in [0.15, 0.2) is 0 Å². The van der Waals surface area contributed by atoms with Gasteiger partial charge in [0.05, 0.1) is 0 Å². The SMILES string of the molecule is COCCC(C)C(=O)N(C)C. The molecule has 0 bridgehead atoms. The third kappa shape index (κ3) is 3.98. The Morgan fingerprint density at radius 3 is 2.45 bits per heavy atom. The van der Waals surface area contributed by atoms with Crippen LogP contribution in [0.5, 0.6) is 0 Å². The van der Waals surface area contributed by atoms with Crippen molar-refractivity contribution in [1.82, 2.24) is 4.90 Å². The molecule has 66 valence electrons. The molecular weight excluding hydrogens is 142 g/mol. The lowest BCUT2D eigenvalue weighted by molar-refractivity contribution is -0.132. The van der Waals surface area contributed by atoms with Crippen LogP contribution in [0.3, 0.4) is 0 Å². The van der Waals surface area contributed by atoms with Gasteiger partial charge in [0.1, 0.15) is 0 Å². The molecule has 3 nitrogen and oxygen atoms in total. The van der Waals surface area contributed by atoms with Gasteiger partial charge in [-0.05, 0) is 6.42 Å². The molecule has 0 aromatic heterocycles. The minimum absolute atomic E-state index is 0.0740. The zero-order valence-corrected chi connectivity index (χ0v) is 7.76. The molecule has 11 heavy (non-hydrogen) atoms. The van der Waals surface area contributed by atoms with Gasteiger partial charge in [-0.15, -0.1) is 0 Å². The van der Waals surface area contributed by atoms with Crippen LogP contribution in [0.4, 0.5) is 0 Å². The maximum absolute atomic E-state index is 11.2. The van der Waals surface area contributed by atoms with Gasteiger partial charge >= 0.3 is 0 Å². The molecule has 0 heterocycles. The highest BCUT2D eigenvalue weighted by atomic mass is 16.5. The van der Waals surface area contributed by atoms with E-state index in [9.17, 15) is 4.79 Å². The van der Waals surface area contributed by atoms with E-state index in [0.29, 0.717) is 6.61 Å². The van der Waals surface area contributed by atoms with Gasteiger partial charge in [-0.1, -0.05) is 6.92 Å². The molecule has 3 heteroatoms. The minimum Gasteiger partial charge on any atom is -0.385 e. The third-order valence-corrected chi connectivity index (χ3v) is 1.62. The van der Waals surface area contributed by atoms with Crippen LogP contribution >= 0.6 is 0 Å². The van der Waals surface area contributed by atoms with E-state index in [1.807, 2.05) is 6.92 Å². The molecule has 0 saturated carbocycles. The number of carbonyl (C=O) groups excluding carboxylic acids is 1. The molecule has 0 N–H and O–H groups in total. The fourth-order valence-corrected chi connectivity index (χ4v) is 0.859. The lowest BCUT2D eigenvalue weighted by Gasteiger charge is -2.15. The molecule has 0 spiro atoms. The maximum Gasteiger partial charge on any atom is 0.224 e. The summed E-state index contributed by atoms with van der Waals surface area (Å²) in [6.07, 6.45) is 0.799. The molecule has 0 aromatic rings. The van der Waals surface area contributed by atoms with E-state index in [2.05, 4.69) is 0 Å². The molecule has 0 aromatic carbocycles. The van der Waals surface area contributed by atoms with Crippen molar-refractivity contribution in [2.75, 3.05) is 27.8 Å². The van der Waals surface area contributed by atoms with Gasteiger partial charge in [-0.25, -0.2) is 0 Å². The van der Waals surface area contributed by atoms with Crippen molar-refractivity contribution in [1.29, 1.82) is 0 Å². The van der Waals surface area contributed by atoms with Crippen LogP contribution in [-0.2, 0) is 9.53 Å². The zero-order valence-electron chi connectivity index (χ0n) is 7.76. The molecule has 0 aliphatic heterocycles. The normalized spacial score (nSPS) is 12.7. The lowest BCUT2D eigenvalue weighted by atomic mass is 10.1. The quantitative estimate of drug-likeness (QED) is 0.605. The lowest BCUT2D eigenvalue weighted by Crippen LogP contribution is -2.28. The summed E-state index contributed by atoms with van der Waals surface area (Å²) in [6, 6.07) is 0. The Bertz CT molecular complexity index is 123. The molecule has 0 saturated heterocycles. The molecule has 0 rings (SSSR count). The fourth-order valence-electron chi connectivity index (χ4n) is 0.859. The molecule has 1 amide bonds. The second-order valence-corrected chi connectivity index (χ2v) is 2.92. The summed E-state index contributed by atoms with van der Waals surface area (Å²) >= 11 is 0. The van der Waals surface area contributed by atoms with Crippen molar-refractivity contribution in [3.8, 4) is 0 Å². The van der Waals surface area contributed by atoms with Crippen LogP contribution in [0.1, 0.15) is 13.3 Å². The molecule has 0 fully saturated rings. The molecular formula is C8H17NO2. The van der Waals surface area contributed by atoms with E-state index in [1.165, 1.54) is 0 Å². The number of methoxy groups -OCH3 is 1. The predicted molar refractivity (Wildman–Crippen MR) is 44.4 cm³/mol. The Balaban J connectivity index is 3.64. The number of hydrogen-bond acceptors (Lipinski definition) is 2. The number of amides is 1. The monoisotopic (exact) mass is 159 g/mol. The highest BCUT2D eigenvalue weighted by Gasteiger charge is 2.13. The molecule has 1 unspecified atom stereocenters. The molecule has 0 aliphatic rings. The largest absolute Gasteiger partial charge is 0.385 e. The van der Waals surface area contributed by atoms with Crippen LogP contribution < -0.4 is 0 Å². The first-order valence-corrected chi connectivity index (χ1v) is 3.79. The molecule has 0 radical (unpaired) electrons. The van der Waals surface area contributed by atoms with Crippen LogP contribution in [0.15, 0.2) is 0 Å². The van der Waals surface area contributed by atoms with Crippen LogP contribution in [0.25, 0.3) is 0 Å². The second kappa shape index (κ2) is 5.13. The molecule has 0 aliphatic carbocycles. The van der Waals surface area contributed by atoms with E-state index >= 15 is 0 Å². The Morgan fingerprint density at radius 2 is 2.09 bits per heavy atom. The zero-order chi connectivity index (χ0) is 8.85. The summed E-state index contributed by atoms with van der Waals surface area (Å²) in [4.78, 5) is 12.8. The minimum atomic E-state index is 0.0740. The van der Waals surface area contributed by atoms with Gasteiger partial charge < -0.3 is 9.64 Å². The first-order chi connectivity index (χ1) is 5.09. The summed E-state index contributed by atoms with van der Waals surface area (Å²) in [7, 11) is 5.18. The van der Waals surface area contributed by atoms with Crippen molar-refractivity contribution in [2.45, 2.75) is 13.3 Å². The van der Waals surface area contributed by atoms with Crippen molar-refractivity contribution in [3.05, 3.63) is 0 Å². The number of rotatable bonds is 4. The van der Waals surface area contributed by atoms with E-state index in [1.54, 1.807) is 26.1 Å². The van der Waals surface area contributed by atoms with Gasteiger partial charge in [0.2, 0.25) is 5.91 Å². The first-order valence-electron chi connectivity index (χ1n) is 3.79. The highest BCUT2D eigenvalue weighted by Crippen LogP contribution is 2.04. The van der Waals surface area contributed by atoms with E-state index in [-0.39, 0.29) is 11.8 Å². The van der Waals surface area contributed by atoms with E-state index < -0.39 is 0 Å². The Kier molecular flexibility index (Phi) is 4.86. The average molecular weight is 159 g/mol. The maximum atomic E-state index is 11.2. The van der Waals surface area contributed by atoms with E-state index in [0.717, 1.165) is 6.42 Å². The van der Waals surface area contributed by atoms with Gasteiger partial charge in [0, 0.05) is 33.7 Å². The number of nitrogens with zero attached hydrogens (tertiary/aromatic N) is 1. The number of hydrogen-bond donors (Lipinski definition) is 0. The van der Waals surface area contributed by atoms with E-state index in [4.69, 9.17) is 4.74 Å². The third-order valence-electron chi connectivity index (χ3n) is 1.62. The summed E-state index contributed by atoms with van der Waals surface area (Å²) in [6.45, 7) is 2.57. The Morgan fingerprint density at radius 1 is 1.55 bits per heavy atom. The highest BCUT2D eigenvalue weighted by molar-refractivity contribution is 5.77. The van der Waals surface area contributed by atoms with Crippen LogP contribution in [0.2, 0.25) is 0 Å². The first kappa shape index (κ1) is 10.4. The van der Waals surface area contributed by atoms with Gasteiger partial charge in [0.25, 0.3) is 0 Å².